The summed E-state index contributed by atoms with van der Waals surface area (Å²) in [5.74, 6) is 0. The fraction of sp³-hybridized carbons (Fsp3) is 0. The van der Waals surface area contributed by atoms with Crippen molar-refractivity contribution in [1.29, 1.82) is 0 Å². The van der Waals surface area contributed by atoms with Gasteiger partial charge in [-0.15, -0.1) is 5.11 Å². The van der Waals surface area contributed by atoms with Crippen LogP contribution in [0.3, 0.4) is 0 Å². The third kappa shape index (κ3) is 4.16. The summed E-state index contributed by atoms with van der Waals surface area (Å²) < 4.78 is 2.52. The Bertz CT molecular complexity index is 1170. The number of nitrogens with zero attached hydrogens (tertiary/aromatic N) is 4. The van der Waals surface area contributed by atoms with Gasteiger partial charge < -0.3 is 5.73 Å². The number of aromatic nitrogens is 2. The van der Waals surface area contributed by atoms with E-state index in [9.17, 15) is 0 Å². The van der Waals surface area contributed by atoms with Crippen molar-refractivity contribution >= 4 is 44.6 Å². The highest BCUT2D eigenvalue weighted by Crippen LogP contribution is 2.39. The van der Waals surface area contributed by atoms with Crippen molar-refractivity contribution in [3.8, 4) is 22.5 Å². The van der Waals surface area contributed by atoms with E-state index in [0.29, 0.717) is 17.1 Å². The summed E-state index contributed by atoms with van der Waals surface area (Å²) in [6.45, 7) is 0. The molecule has 142 valence electrons. The molecular formula is C22H16BrN5S. The standard InChI is InChI=1S/C22H16BrN5S/c23-17-11-13-18(14-12-17)25-26-20-19(15-7-3-1-4-8-15)27-28(22(24)29)21(20)16-9-5-2-6-10-16/h1-14H,(H2,24,29). The van der Waals surface area contributed by atoms with Crippen LogP contribution < -0.4 is 5.73 Å². The van der Waals surface area contributed by atoms with Crippen LogP contribution in [-0.2, 0) is 0 Å². The van der Waals surface area contributed by atoms with Crippen molar-refractivity contribution in [3.63, 3.8) is 0 Å². The molecule has 0 bridgehead atoms. The molecule has 0 atom stereocenters. The maximum atomic E-state index is 5.99. The number of hydrogen-bond donors (Lipinski definition) is 1. The minimum atomic E-state index is 0.145. The van der Waals surface area contributed by atoms with Gasteiger partial charge in [-0.05, 0) is 36.5 Å². The quantitative estimate of drug-likeness (QED) is 0.279. The molecule has 3 aromatic carbocycles. The Morgan fingerprint density at radius 1 is 0.828 bits per heavy atom. The summed E-state index contributed by atoms with van der Waals surface area (Å²) in [6, 6.07) is 27.2. The van der Waals surface area contributed by atoms with Crippen molar-refractivity contribution in [1.82, 2.24) is 9.78 Å². The van der Waals surface area contributed by atoms with Gasteiger partial charge in [0.05, 0.1) is 5.69 Å². The second-order valence-corrected chi connectivity index (χ2v) is 7.54. The molecule has 0 amide bonds. The van der Waals surface area contributed by atoms with Gasteiger partial charge in [0, 0.05) is 15.6 Å². The first kappa shape index (κ1) is 19.2. The van der Waals surface area contributed by atoms with Crippen LogP contribution in [0.2, 0.25) is 0 Å². The Morgan fingerprint density at radius 3 is 2.00 bits per heavy atom. The van der Waals surface area contributed by atoms with Crippen molar-refractivity contribution < 1.29 is 0 Å². The SMILES string of the molecule is NC(=S)n1nc(-c2ccccc2)c(N=Nc2ccc(Br)cc2)c1-c1ccccc1. The van der Waals surface area contributed by atoms with Gasteiger partial charge in [-0.25, -0.2) is 4.68 Å². The van der Waals surface area contributed by atoms with E-state index in [2.05, 4.69) is 31.3 Å². The molecule has 0 fully saturated rings. The van der Waals surface area contributed by atoms with Gasteiger partial charge in [0.25, 0.3) is 0 Å². The van der Waals surface area contributed by atoms with Crippen LogP contribution in [0.25, 0.3) is 22.5 Å². The zero-order valence-corrected chi connectivity index (χ0v) is 17.6. The summed E-state index contributed by atoms with van der Waals surface area (Å²) in [6.07, 6.45) is 0. The lowest BCUT2D eigenvalue weighted by Gasteiger charge is -2.05. The number of nitrogens with two attached hydrogens (primary N) is 1. The van der Waals surface area contributed by atoms with Crippen LogP contribution in [-0.4, -0.2) is 14.9 Å². The lowest BCUT2D eigenvalue weighted by molar-refractivity contribution is 0.951. The first-order chi connectivity index (χ1) is 14.1. The Labute approximate surface area is 182 Å². The Morgan fingerprint density at radius 2 is 1.41 bits per heavy atom. The molecule has 5 nitrogen and oxygen atoms in total. The van der Waals surface area contributed by atoms with E-state index in [1.165, 1.54) is 0 Å². The summed E-state index contributed by atoms with van der Waals surface area (Å²) in [5.41, 5.74) is 10.5. The first-order valence-electron chi connectivity index (χ1n) is 8.84. The summed E-state index contributed by atoms with van der Waals surface area (Å²) in [7, 11) is 0. The molecule has 4 rings (SSSR count). The van der Waals surface area contributed by atoms with E-state index < -0.39 is 0 Å². The normalized spacial score (nSPS) is 11.1. The molecule has 0 saturated carbocycles. The zero-order chi connectivity index (χ0) is 20.2. The van der Waals surface area contributed by atoms with Gasteiger partial charge in [-0.3, -0.25) is 0 Å². The fourth-order valence-electron chi connectivity index (χ4n) is 2.93. The monoisotopic (exact) mass is 461 g/mol. The van der Waals surface area contributed by atoms with E-state index in [0.717, 1.165) is 21.3 Å². The van der Waals surface area contributed by atoms with E-state index in [1.807, 2.05) is 84.9 Å². The van der Waals surface area contributed by atoms with Crippen LogP contribution >= 0.6 is 28.1 Å². The van der Waals surface area contributed by atoms with Crippen molar-refractivity contribution in [2.75, 3.05) is 0 Å². The molecule has 4 aromatic rings. The minimum absolute atomic E-state index is 0.145. The van der Waals surface area contributed by atoms with Gasteiger partial charge in [0.15, 0.2) is 5.11 Å². The topological polar surface area (TPSA) is 68.6 Å². The molecule has 1 heterocycles. The molecular weight excluding hydrogens is 446 g/mol. The Kier molecular flexibility index (Phi) is 5.59. The minimum Gasteiger partial charge on any atom is -0.374 e. The lowest BCUT2D eigenvalue weighted by Crippen LogP contribution is -2.21. The van der Waals surface area contributed by atoms with E-state index in [4.69, 9.17) is 18.0 Å². The summed E-state index contributed by atoms with van der Waals surface area (Å²) >= 11 is 8.70. The lowest BCUT2D eigenvalue weighted by atomic mass is 10.1. The summed E-state index contributed by atoms with van der Waals surface area (Å²) in [5, 5.41) is 13.8. The van der Waals surface area contributed by atoms with Crippen molar-refractivity contribution in [3.05, 3.63) is 89.4 Å². The number of hydrogen-bond acceptors (Lipinski definition) is 4. The number of rotatable bonds is 4. The molecule has 0 saturated heterocycles. The average Bonchev–Trinajstić information content (AvgIpc) is 3.14. The van der Waals surface area contributed by atoms with Gasteiger partial charge in [0.2, 0.25) is 0 Å². The van der Waals surface area contributed by atoms with E-state index >= 15 is 0 Å². The third-order valence-corrected chi connectivity index (χ3v) is 4.96. The molecule has 0 aliphatic heterocycles. The predicted molar refractivity (Wildman–Crippen MR) is 124 cm³/mol. The Hall–Kier alpha value is -3.16. The molecule has 0 spiro atoms. The van der Waals surface area contributed by atoms with Crippen LogP contribution in [0, 0.1) is 0 Å². The average molecular weight is 462 g/mol. The highest BCUT2D eigenvalue weighted by molar-refractivity contribution is 9.10. The van der Waals surface area contributed by atoms with Crippen LogP contribution in [0.15, 0.2) is 99.6 Å². The molecule has 7 heteroatoms. The van der Waals surface area contributed by atoms with Crippen molar-refractivity contribution in [2.45, 2.75) is 0 Å². The molecule has 0 aliphatic rings. The second kappa shape index (κ2) is 8.46. The molecule has 0 aliphatic carbocycles. The zero-order valence-electron chi connectivity index (χ0n) is 15.2. The molecule has 0 radical (unpaired) electrons. The molecule has 2 N–H and O–H groups in total. The fourth-order valence-corrected chi connectivity index (χ4v) is 3.32. The second-order valence-electron chi connectivity index (χ2n) is 6.20. The largest absolute Gasteiger partial charge is 0.374 e. The van der Waals surface area contributed by atoms with Crippen LogP contribution in [0.4, 0.5) is 11.4 Å². The third-order valence-electron chi connectivity index (χ3n) is 4.26. The molecule has 0 unspecified atom stereocenters. The number of benzene rings is 3. The van der Waals surface area contributed by atoms with E-state index in [-0.39, 0.29) is 5.11 Å². The van der Waals surface area contributed by atoms with Crippen molar-refractivity contribution in [2.24, 2.45) is 16.0 Å². The van der Waals surface area contributed by atoms with Gasteiger partial charge in [-0.2, -0.15) is 10.2 Å². The number of halogens is 1. The maximum absolute atomic E-state index is 5.99. The number of thiocarbonyl (C=S) groups is 1. The smallest absolute Gasteiger partial charge is 0.191 e. The predicted octanol–water partition coefficient (Wildman–Crippen LogP) is 6.49. The number of azo groups is 1. The molecule has 1 aromatic heterocycles. The van der Waals surface area contributed by atoms with Crippen LogP contribution in [0.1, 0.15) is 0 Å². The first-order valence-corrected chi connectivity index (χ1v) is 10.0. The highest BCUT2D eigenvalue weighted by Gasteiger charge is 2.22. The van der Waals surface area contributed by atoms with Gasteiger partial charge in [-0.1, -0.05) is 76.6 Å². The molecule has 29 heavy (non-hydrogen) atoms. The van der Waals surface area contributed by atoms with Crippen LogP contribution in [0.5, 0.6) is 0 Å². The van der Waals surface area contributed by atoms with E-state index in [1.54, 1.807) is 4.68 Å². The maximum Gasteiger partial charge on any atom is 0.191 e. The Balaban J connectivity index is 1.94. The van der Waals surface area contributed by atoms with Gasteiger partial charge >= 0.3 is 0 Å². The summed E-state index contributed by atoms with van der Waals surface area (Å²) in [4.78, 5) is 0. The van der Waals surface area contributed by atoms with Gasteiger partial charge in [0.1, 0.15) is 17.1 Å². The highest BCUT2D eigenvalue weighted by atomic mass is 79.9.